The number of carbonyl (C=O) groups is 2. The second-order valence-electron chi connectivity index (χ2n) is 9.85. The van der Waals surface area contributed by atoms with Gasteiger partial charge in [-0.05, 0) is 74.0 Å². The van der Waals surface area contributed by atoms with Crippen LogP contribution in [-0.2, 0) is 14.3 Å². The molecule has 0 aromatic rings. The highest BCUT2D eigenvalue weighted by molar-refractivity contribution is 5.79. The number of hydrogen-bond donors (Lipinski definition) is 0. The van der Waals surface area contributed by atoms with Crippen LogP contribution in [0.25, 0.3) is 0 Å². The minimum atomic E-state index is -0.0320. The Morgan fingerprint density at radius 3 is 2.56 bits per heavy atom. The van der Waals surface area contributed by atoms with Crippen molar-refractivity contribution in [3.63, 3.8) is 0 Å². The number of fused-ring (bicyclic) bond motifs is 5. The minimum absolute atomic E-state index is 0.0320. The van der Waals surface area contributed by atoms with E-state index in [2.05, 4.69) is 13.8 Å². The molecule has 4 aliphatic carbocycles. The molecule has 0 spiro atoms. The van der Waals surface area contributed by atoms with Crippen molar-refractivity contribution in [2.24, 2.45) is 34.5 Å². The fourth-order valence-electron chi connectivity index (χ4n) is 7.43. The van der Waals surface area contributed by atoms with E-state index in [4.69, 9.17) is 4.74 Å². The lowest BCUT2D eigenvalue weighted by atomic mass is 9.45. The largest absolute Gasteiger partial charge is 0.462 e. The number of esters is 1. The summed E-state index contributed by atoms with van der Waals surface area (Å²) in [6.45, 7) is 6.78. The summed E-state index contributed by atoms with van der Waals surface area (Å²) in [7, 11) is 0. The number of rotatable bonds is 2. The first kappa shape index (κ1) is 17.5. The average Bonchev–Trinajstić information content (AvgIpc) is 2.92. The zero-order valence-corrected chi connectivity index (χ0v) is 16.2. The molecule has 0 amide bonds. The molecule has 140 valence electrons. The third-order valence-electron chi connectivity index (χ3n) is 8.96. The summed E-state index contributed by atoms with van der Waals surface area (Å²) >= 11 is 0. The number of ketones is 1. The molecule has 0 radical (unpaired) electrons. The van der Waals surface area contributed by atoms with E-state index in [9.17, 15) is 9.59 Å². The van der Waals surface area contributed by atoms with E-state index in [-0.39, 0.29) is 17.5 Å². The van der Waals surface area contributed by atoms with Crippen LogP contribution in [0.15, 0.2) is 0 Å². The van der Waals surface area contributed by atoms with Crippen molar-refractivity contribution < 1.29 is 14.3 Å². The molecule has 0 aromatic heterocycles. The predicted octanol–water partition coefficient (Wildman–Crippen LogP) is 4.92. The summed E-state index contributed by atoms with van der Waals surface area (Å²) in [5.41, 5.74) is 0.552. The normalized spacial score (nSPS) is 49.1. The van der Waals surface area contributed by atoms with Crippen molar-refractivity contribution in [3.05, 3.63) is 0 Å². The van der Waals surface area contributed by atoms with E-state index >= 15 is 0 Å². The number of carbonyl (C=O) groups excluding carboxylic acids is 2. The minimum Gasteiger partial charge on any atom is -0.462 e. The SMILES string of the molecule is CCC(=O)O[C@H]1CCC2C3CC[C@@H]4CC(=O)CC[C@]4(C)C3CC[C@@]21C. The first-order valence-electron chi connectivity index (χ1n) is 10.6. The van der Waals surface area contributed by atoms with Gasteiger partial charge in [-0.1, -0.05) is 20.8 Å². The average molecular weight is 347 g/mol. The lowest BCUT2D eigenvalue weighted by molar-refractivity contribution is -0.163. The first-order valence-corrected chi connectivity index (χ1v) is 10.6. The van der Waals surface area contributed by atoms with Crippen LogP contribution < -0.4 is 0 Å². The lowest BCUT2D eigenvalue weighted by Gasteiger charge is -2.60. The molecule has 25 heavy (non-hydrogen) atoms. The Hall–Kier alpha value is -0.860. The van der Waals surface area contributed by atoms with Crippen molar-refractivity contribution in [1.82, 2.24) is 0 Å². The smallest absolute Gasteiger partial charge is 0.305 e. The van der Waals surface area contributed by atoms with E-state index in [1.165, 1.54) is 32.1 Å². The molecule has 0 aliphatic heterocycles. The maximum atomic E-state index is 12.0. The van der Waals surface area contributed by atoms with Gasteiger partial charge in [0, 0.05) is 24.7 Å². The Morgan fingerprint density at radius 2 is 1.80 bits per heavy atom. The van der Waals surface area contributed by atoms with Crippen molar-refractivity contribution in [3.8, 4) is 0 Å². The van der Waals surface area contributed by atoms with Crippen LogP contribution in [0, 0.1) is 34.5 Å². The van der Waals surface area contributed by atoms with Gasteiger partial charge in [-0.15, -0.1) is 0 Å². The van der Waals surface area contributed by atoms with Gasteiger partial charge < -0.3 is 4.74 Å². The van der Waals surface area contributed by atoms with Crippen molar-refractivity contribution in [2.75, 3.05) is 0 Å². The molecule has 4 aliphatic rings. The van der Waals surface area contributed by atoms with Crippen LogP contribution in [0.3, 0.4) is 0 Å². The fourth-order valence-corrected chi connectivity index (χ4v) is 7.43. The van der Waals surface area contributed by atoms with Gasteiger partial charge in [-0.2, -0.15) is 0 Å². The first-order chi connectivity index (χ1) is 11.9. The quantitative estimate of drug-likeness (QED) is 0.667. The van der Waals surface area contributed by atoms with E-state index in [1.54, 1.807) is 0 Å². The van der Waals surface area contributed by atoms with E-state index in [0.717, 1.165) is 37.5 Å². The molecule has 0 bridgehead atoms. The second-order valence-corrected chi connectivity index (χ2v) is 9.85. The summed E-state index contributed by atoms with van der Waals surface area (Å²) in [6, 6.07) is 0. The van der Waals surface area contributed by atoms with E-state index in [0.29, 0.717) is 29.5 Å². The highest BCUT2D eigenvalue weighted by Crippen LogP contribution is 2.66. The van der Waals surface area contributed by atoms with Crippen LogP contribution in [0.5, 0.6) is 0 Å². The van der Waals surface area contributed by atoms with Crippen molar-refractivity contribution >= 4 is 11.8 Å². The van der Waals surface area contributed by atoms with Gasteiger partial charge in [0.15, 0.2) is 0 Å². The highest BCUT2D eigenvalue weighted by Gasteiger charge is 2.61. The van der Waals surface area contributed by atoms with Crippen molar-refractivity contribution in [1.29, 1.82) is 0 Å². The Labute approximate surface area is 152 Å². The third kappa shape index (κ3) is 2.59. The Kier molecular flexibility index (Phi) is 4.28. The van der Waals surface area contributed by atoms with Gasteiger partial charge in [0.2, 0.25) is 0 Å². The topological polar surface area (TPSA) is 43.4 Å². The van der Waals surface area contributed by atoms with E-state index < -0.39 is 0 Å². The maximum Gasteiger partial charge on any atom is 0.305 e. The van der Waals surface area contributed by atoms with Gasteiger partial charge in [0.25, 0.3) is 0 Å². The summed E-state index contributed by atoms with van der Waals surface area (Å²) in [5, 5.41) is 0. The van der Waals surface area contributed by atoms with Gasteiger partial charge in [0.05, 0.1) is 0 Å². The zero-order valence-electron chi connectivity index (χ0n) is 16.2. The molecule has 3 nitrogen and oxygen atoms in total. The standard InChI is InChI=1S/C22H34O3/c1-4-20(24)25-19-8-7-17-16-6-5-14-13-15(23)9-11-21(14,2)18(16)10-12-22(17,19)3/h14,16-19H,4-13H2,1-3H3/t14-,16?,17?,18?,19+,21+,22+/m1/s1. The molecule has 0 N–H and O–H groups in total. The number of ether oxygens (including phenoxy) is 1. The lowest BCUT2D eigenvalue weighted by Crippen LogP contribution is -2.54. The van der Waals surface area contributed by atoms with Crippen LogP contribution in [-0.4, -0.2) is 17.9 Å². The summed E-state index contributed by atoms with van der Waals surface area (Å²) in [4.78, 5) is 23.9. The third-order valence-corrected chi connectivity index (χ3v) is 8.96. The summed E-state index contributed by atoms with van der Waals surface area (Å²) in [6.07, 6.45) is 10.6. The molecule has 3 unspecified atom stereocenters. The van der Waals surface area contributed by atoms with Crippen LogP contribution in [0.4, 0.5) is 0 Å². The molecular weight excluding hydrogens is 312 g/mol. The Balaban J connectivity index is 1.56. The summed E-state index contributed by atoms with van der Waals surface area (Å²) < 4.78 is 5.87. The number of hydrogen-bond acceptors (Lipinski definition) is 3. The summed E-state index contributed by atoms with van der Waals surface area (Å²) in [5.74, 6) is 3.34. The second kappa shape index (κ2) is 6.09. The number of Topliss-reactive ketones (excluding diaryl/α,β-unsaturated/α-hetero) is 1. The van der Waals surface area contributed by atoms with Crippen LogP contribution in [0.2, 0.25) is 0 Å². The van der Waals surface area contributed by atoms with Crippen LogP contribution in [0.1, 0.15) is 85.0 Å². The maximum absolute atomic E-state index is 12.0. The highest BCUT2D eigenvalue weighted by atomic mass is 16.5. The van der Waals surface area contributed by atoms with Crippen molar-refractivity contribution in [2.45, 2.75) is 91.1 Å². The molecule has 3 heteroatoms. The molecule has 0 saturated heterocycles. The van der Waals surface area contributed by atoms with Gasteiger partial charge in [-0.3, -0.25) is 9.59 Å². The van der Waals surface area contributed by atoms with Gasteiger partial charge >= 0.3 is 5.97 Å². The molecule has 0 aromatic carbocycles. The molecule has 4 rings (SSSR count). The monoisotopic (exact) mass is 346 g/mol. The van der Waals surface area contributed by atoms with Crippen LogP contribution >= 0.6 is 0 Å². The van der Waals surface area contributed by atoms with Gasteiger partial charge in [-0.25, -0.2) is 0 Å². The molecule has 7 atom stereocenters. The Morgan fingerprint density at radius 1 is 1.04 bits per heavy atom. The Bertz CT molecular complexity index is 570. The molecule has 4 fully saturated rings. The predicted molar refractivity (Wildman–Crippen MR) is 96.9 cm³/mol. The van der Waals surface area contributed by atoms with E-state index in [1.807, 2.05) is 6.92 Å². The van der Waals surface area contributed by atoms with Gasteiger partial charge in [0.1, 0.15) is 11.9 Å². The molecular formula is C22H34O3. The fraction of sp³-hybridized carbons (Fsp3) is 0.909. The molecule has 0 heterocycles. The zero-order chi connectivity index (χ0) is 17.8. The molecule has 4 saturated carbocycles.